The molecule has 6 heteroatoms. The largest absolute Gasteiger partial charge is 0.334 e. The van der Waals surface area contributed by atoms with Crippen LogP contribution in [0.25, 0.3) is 10.6 Å². The standard InChI is InChI=1S/C16H18ClN3OS/c1-18-9-11-5-4-8-20(11)16(21)14-10-19-15(22-14)12-6-2-3-7-13(12)17/h2-3,6-7,10-11,18H,4-5,8-9H2,1H3/t11-/m1/s1. The summed E-state index contributed by atoms with van der Waals surface area (Å²) in [4.78, 5) is 19.7. The van der Waals surface area contributed by atoms with Crippen LogP contribution in [0.4, 0.5) is 0 Å². The molecule has 1 amide bonds. The lowest BCUT2D eigenvalue weighted by Gasteiger charge is -2.23. The number of aromatic nitrogens is 1. The minimum atomic E-state index is 0.0774. The average molecular weight is 336 g/mol. The highest BCUT2D eigenvalue weighted by molar-refractivity contribution is 7.17. The van der Waals surface area contributed by atoms with Crippen molar-refractivity contribution in [2.75, 3.05) is 20.1 Å². The van der Waals surface area contributed by atoms with Gasteiger partial charge in [-0.1, -0.05) is 29.8 Å². The molecule has 0 radical (unpaired) electrons. The maximum absolute atomic E-state index is 12.7. The first kappa shape index (κ1) is 15.5. The minimum Gasteiger partial charge on any atom is -0.334 e. The molecule has 1 saturated heterocycles. The van der Waals surface area contributed by atoms with E-state index in [9.17, 15) is 4.79 Å². The molecular weight excluding hydrogens is 318 g/mol. The summed E-state index contributed by atoms with van der Waals surface area (Å²) < 4.78 is 0. The molecule has 0 aliphatic carbocycles. The van der Waals surface area contributed by atoms with Gasteiger partial charge < -0.3 is 10.2 Å². The van der Waals surface area contributed by atoms with Crippen LogP contribution in [0.3, 0.4) is 0 Å². The normalized spacial score (nSPS) is 17.9. The second-order valence-electron chi connectivity index (χ2n) is 5.36. The maximum atomic E-state index is 12.7. The molecule has 0 bridgehead atoms. The Bertz CT molecular complexity index is 673. The van der Waals surface area contributed by atoms with Crippen LogP contribution in [0.1, 0.15) is 22.5 Å². The van der Waals surface area contributed by atoms with Crippen molar-refractivity contribution >= 4 is 28.8 Å². The van der Waals surface area contributed by atoms with Crippen LogP contribution in [-0.2, 0) is 0 Å². The Kier molecular flexibility index (Phi) is 4.76. The fourth-order valence-corrected chi connectivity index (χ4v) is 4.02. The van der Waals surface area contributed by atoms with Gasteiger partial charge in [-0.3, -0.25) is 4.79 Å². The molecule has 4 nitrogen and oxygen atoms in total. The number of hydrogen-bond acceptors (Lipinski definition) is 4. The van der Waals surface area contributed by atoms with Gasteiger partial charge in [0.05, 0.1) is 11.2 Å². The predicted octanol–water partition coefficient (Wildman–Crippen LogP) is 3.29. The first-order chi connectivity index (χ1) is 10.7. The molecule has 1 aliphatic rings. The molecule has 1 aromatic carbocycles. The molecule has 0 saturated carbocycles. The number of nitrogens with zero attached hydrogens (tertiary/aromatic N) is 2. The maximum Gasteiger partial charge on any atom is 0.265 e. The quantitative estimate of drug-likeness (QED) is 0.932. The van der Waals surface area contributed by atoms with Gasteiger partial charge in [0, 0.05) is 24.7 Å². The van der Waals surface area contributed by atoms with Crippen LogP contribution in [0.2, 0.25) is 5.02 Å². The van der Waals surface area contributed by atoms with Gasteiger partial charge in [0.25, 0.3) is 5.91 Å². The second kappa shape index (κ2) is 6.77. The monoisotopic (exact) mass is 335 g/mol. The summed E-state index contributed by atoms with van der Waals surface area (Å²) in [6, 6.07) is 7.85. The van der Waals surface area contributed by atoms with Crippen LogP contribution >= 0.6 is 22.9 Å². The van der Waals surface area contributed by atoms with Crippen LogP contribution in [0, 0.1) is 0 Å². The van der Waals surface area contributed by atoms with E-state index < -0.39 is 0 Å². The molecule has 1 aliphatic heterocycles. The zero-order chi connectivity index (χ0) is 15.5. The van der Waals surface area contributed by atoms with E-state index in [1.165, 1.54) is 11.3 Å². The Labute approximate surface area is 139 Å². The summed E-state index contributed by atoms with van der Waals surface area (Å²) in [7, 11) is 1.92. The van der Waals surface area contributed by atoms with Crippen molar-refractivity contribution in [3.05, 3.63) is 40.4 Å². The van der Waals surface area contributed by atoms with E-state index in [0.29, 0.717) is 9.90 Å². The summed E-state index contributed by atoms with van der Waals surface area (Å²) in [6.07, 6.45) is 3.79. The van der Waals surface area contributed by atoms with E-state index in [2.05, 4.69) is 10.3 Å². The zero-order valence-electron chi connectivity index (χ0n) is 12.4. The van der Waals surface area contributed by atoms with Crippen LogP contribution < -0.4 is 5.32 Å². The van der Waals surface area contributed by atoms with E-state index in [0.717, 1.165) is 36.5 Å². The number of thiazole rings is 1. The SMILES string of the molecule is CNC[C@H]1CCCN1C(=O)c1cnc(-c2ccccc2Cl)s1. The molecule has 0 unspecified atom stereocenters. The number of carbonyl (C=O) groups excluding carboxylic acids is 1. The number of amides is 1. The third kappa shape index (κ3) is 3.02. The molecular formula is C16H18ClN3OS. The van der Waals surface area contributed by atoms with Crippen LogP contribution in [0.5, 0.6) is 0 Å². The smallest absolute Gasteiger partial charge is 0.265 e. The highest BCUT2D eigenvalue weighted by atomic mass is 35.5. The van der Waals surface area contributed by atoms with Crippen molar-refractivity contribution in [3.8, 4) is 10.6 Å². The summed E-state index contributed by atoms with van der Waals surface area (Å²) in [5.41, 5.74) is 0.876. The van der Waals surface area contributed by atoms with Crippen molar-refractivity contribution in [2.24, 2.45) is 0 Å². The summed E-state index contributed by atoms with van der Waals surface area (Å²) in [5, 5.41) is 4.61. The van der Waals surface area contributed by atoms with Gasteiger partial charge in [-0.15, -0.1) is 11.3 Å². The van der Waals surface area contributed by atoms with E-state index in [1.807, 2.05) is 36.2 Å². The first-order valence-corrected chi connectivity index (χ1v) is 8.56. The fraction of sp³-hybridized carbons (Fsp3) is 0.375. The second-order valence-corrected chi connectivity index (χ2v) is 6.80. The van der Waals surface area contributed by atoms with Gasteiger partial charge in [0.15, 0.2) is 0 Å². The highest BCUT2D eigenvalue weighted by Gasteiger charge is 2.30. The number of rotatable bonds is 4. The van der Waals surface area contributed by atoms with Crippen LogP contribution in [-0.4, -0.2) is 42.0 Å². The summed E-state index contributed by atoms with van der Waals surface area (Å²) >= 11 is 7.61. The van der Waals surface area contributed by atoms with Crippen molar-refractivity contribution in [1.82, 2.24) is 15.2 Å². The third-order valence-electron chi connectivity index (χ3n) is 3.90. The molecule has 2 aromatic rings. The van der Waals surface area contributed by atoms with Crippen molar-refractivity contribution < 1.29 is 4.79 Å². The Balaban J connectivity index is 1.82. The molecule has 2 heterocycles. The number of nitrogens with one attached hydrogen (secondary N) is 1. The number of likely N-dealkylation sites (N-methyl/N-ethyl adjacent to an activating group) is 1. The zero-order valence-corrected chi connectivity index (χ0v) is 14.0. The van der Waals surface area contributed by atoms with Crippen molar-refractivity contribution in [2.45, 2.75) is 18.9 Å². The predicted molar refractivity (Wildman–Crippen MR) is 90.5 cm³/mol. The molecule has 3 rings (SSSR count). The third-order valence-corrected chi connectivity index (χ3v) is 5.25. The van der Waals surface area contributed by atoms with E-state index in [-0.39, 0.29) is 11.9 Å². The average Bonchev–Trinajstić information content (AvgIpc) is 3.17. The fourth-order valence-electron chi connectivity index (χ4n) is 2.82. The number of carbonyl (C=O) groups is 1. The molecule has 1 N–H and O–H groups in total. The Hall–Kier alpha value is -1.43. The van der Waals surface area contributed by atoms with E-state index in [4.69, 9.17) is 11.6 Å². The lowest BCUT2D eigenvalue weighted by Crippen LogP contribution is -2.40. The molecule has 0 spiro atoms. The molecule has 1 atom stereocenters. The minimum absolute atomic E-state index is 0.0774. The van der Waals surface area contributed by atoms with Gasteiger partial charge in [-0.25, -0.2) is 4.98 Å². The lowest BCUT2D eigenvalue weighted by molar-refractivity contribution is 0.0741. The number of hydrogen-bond donors (Lipinski definition) is 1. The molecule has 1 aromatic heterocycles. The van der Waals surface area contributed by atoms with Gasteiger partial charge in [0.2, 0.25) is 0 Å². The Morgan fingerprint density at radius 3 is 3.09 bits per heavy atom. The molecule has 116 valence electrons. The van der Waals surface area contributed by atoms with Crippen molar-refractivity contribution in [1.29, 1.82) is 0 Å². The van der Waals surface area contributed by atoms with Gasteiger partial charge >= 0.3 is 0 Å². The number of likely N-dealkylation sites (tertiary alicyclic amines) is 1. The molecule has 22 heavy (non-hydrogen) atoms. The van der Waals surface area contributed by atoms with Gasteiger partial charge in [0.1, 0.15) is 9.88 Å². The van der Waals surface area contributed by atoms with Gasteiger partial charge in [-0.2, -0.15) is 0 Å². The van der Waals surface area contributed by atoms with E-state index in [1.54, 1.807) is 6.20 Å². The van der Waals surface area contributed by atoms with E-state index >= 15 is 0 Å². The lowest BCUT2D eigenvalue weighted by atomic mass is 10.2. The first-order valence-electron chi connectivity index (χ1n) is 7.37. The van der Waals surface area contributed by atoms with Crippen molar-refractivity contribution in [3.63, 3.8) is 0 Å². The Morgan fingerprint density at radius 2 is 2.32 bits per heavy atom. The number of halogens is 1. The summed E-state index contributed by atoms with van der Waals surface area (Å²) in [6.45, 7) is 1.66. The van der Waals surface area contributed by atoms with Gasteiger partial charge in [-0.05, 0) is 26.0 Å². The molecule has 1 fully saturated rings. The Morgan fingerprint density at radius 1 is 1.50 bits per heavy atom. The topological polar surface area (TPSA) is 45.2 Å². The highest BCUT2D eigenvalue weighted by Crippen LogP contribution is 2.32. The number of benzene rings is 1. The summed E-state index contributed by atoms with van der Waals surface area (Å²) in [5.74, 6) is 0.0774. The van der Waals surface area contributed by atoms with Crippen LogP contribution in [0.15, 0.2) is 30.5 Å².